The molecular weight excluding hydrogens is 248 g/mol. The molecular formula is C13H18N2O4. The Labute approximate surface area is 111 Å². The van der Waals surface area contributed by atoms with Crippen molar-refractivity contribution in [1.29, 1.82) is 0 Å². The van der Waals surface area contributed by atoms with Crippen LogP contribution in [0.5, 0.6) is 0 Å². The Morgan fingerprint density at radius 3 is 2.42 bits per heavy atom. The third-order valence-corrected chi connectivity index (χ3v) is 2.74. The quantitative estimate of drug-likeness (QED) is 0.683. The van der Waals surface area contributed by atoms with E-state index in [2.05, 4.69) is 5.32 Å². The summed E-state index contributed by atoms with van der Waals surface area (Å²) in [6, 6.07) is 6.43. The zero-order valence-corrected chi connectivity index (χ0v) is 10.9. The highest BCUT2D eigenvalue weighted by Gasteiger charge is 2.20. The molecule has 0 fully saturated rings. The van der Waals surface area contributed by atoms with Crippen molar-refractivity contribution in [2.75, 3.05) is 13.7 Å². The zero-order chi connectivity index (χ0) is 14.4. The third-order valence-electron chi connectivity index (χ3n) is 2.74. The van der Waals surface area contributed by atoms with Gasteiger partial charge in [-0.25, -0.2) is 4.79 Å². The zero-order valence-electron chi connectivity index (χ0n) is 10.9. The van der Waals surface area contributed by atoms with E-state index in [1.807, 2.05) is 19.1 Å². The lowest BCUT2D eigenvalue weighted by molar-refractivity contribution is -0.148. The first-order chi connectivity index (χ1) is 8.95. The molecule has 0 aliphatic carbocycles. The number of benzene rings is 1. The van der Waals surface area contributed by atoms with Gasteiger partial charge in [-0.05, 0) is 12.5 Å². The SMILES string of the molecule is COC(CNC(=O)C(N)c1ccc(C)cc1)C(=O)O. The number of carboxylic acids is 1. The summed E-state index contributed by atoms with van der Waals surface area (Å²) in [5, 5.41) is 11.2. The molecule has 0 aromatic heterocycles. The smallest absolute Gasteiger partial charge is 0.334 e. The van der Waals surface area contributed by atoms with Gasteiger partial charge in [0.15, 0.2) is 6.10 Å². The molecule has 1 aromatic rings. The van der Waals surface area contributed by atoms with Crippen molar-refractivity contribution in [3.8, 4) is 0 Å². The van der Waals surface area contributed by atoms with E-state index in [-0.39, 0.29) is 6.54 Å². The minimum atomic E-state index is -1.13. The number of hydrogen-bond acceptors (Lipinski definition) is 4. The highest BCUT2D eigenvalue weighted by molar-refractivity contribution is 5.83. The van der Waals surface area contributed by atoms with Gasteiger partial charge in [-0.1, -0.05) is 29.8 Å². The third kappa shape index (κ3) is 4.35. The lowest BCUT2D eigenvalue weighted by Gasteiger charge is -2.15. The number of nitrogens with one attached hydrogen (secondary N) is 1. The molecule has 19 heavy (non-hydrogen) atoms. The fourth-order valence-corrected chi connectivity index (χ4v) is 1.50. The number of rotatable bonds is 6. The van der Waals surface area contributed by atoms with Crippen molar-refractivity contribution >= 4 is 11.9 Å². The predicted octanol–water partition coefficient (Wildman–Crippen LogP) is 0.211. The summed E-state index contributed by atoms with van der Waals surface area (Å²) in [6.45, 7) is 1.82. The Kier molecular flexibility index (Phi) is 5.47. The van der Waals surface area contributed by atoms with E-state index in [9.17, 15) is 9.59 Å². The van der Waals surface area contributed by atoms with Crippen molar-refractivity contribution < 1.29 is 19.4 Å². The van der Waals surface area contributed by atoms with E-state index in [0.717, 1.165) is 5.56 Å². The molecule has 2 atom stereocenters. The monoisotopic (exact) mass is 266 g/mol. The number of carboxylic acid groups (broad SMARTS) is 1. The van der Waals surface area contributed by atoms with Gasteiger partial charge in [-0.2, -0.15) is 0 Å². The molecule has 0 saturated heterocycles. The molecule has 2 unspecified atom stereocenters. The second-order valence-corrected chi connectivity index (χ2v) is 4.20. The molecule has 0 radical (unpaired) electrons. The van der Waals surface area contributed by atoms with Crippen molar-refractivity contribution in [2.45, 2.75) is 19.1 Å². The second-order valence-electron chi connectivity index (χ2n) is 4.20. The Morgan fingerprint density at radius 2 is 1.95 bits per heavy atom. The minimum Gasteiger partial charge on any atom is -0.479 e. The number of carbonyl (C=O) groups is 2. The van der Waals surface area contributed by atoms with Gasteiger partial charge in [0, 0.05) is 7.11 Å². The summed E-state index contributed by atoms with van der Waals surface area (Å²) in [4.78, 5) is 22.5. The fourth-order valence-electron chi connectivity index (χ4n) is 1.50. The van der Waals surface area contributed by atoms with Crippen LogP contribution in [0.15, 0.2) is 24.3 Å². The molecule has 0 bridgehead atoms. The molecule has 1 rings (SSSR count). The van der Waals surface area contributed by atoms with Gasteiger partial charge in [0.05, 0.1) is 6.54 Å². The summed E-state index contributed by atoms with van der Waals surface area (Å²) in [7, 11) is 1.27. The Bertz CT molecular complexity index is 444. The summed E-state index contributed by atoms with van der Waals surface area (Å²) in [5.74, 6) is -1.57. The molecule has 6 nitrogen and oxygen atoms in total. The molecule has 4 N–H and O–H groups in total. The topological polar surface area (TPSA) is 102 Å². The van der Waals surface area contributed by atoms with E-state index in [1.165, 1.54) is 7.11 Å². The maximum absolute atomic E-state index is 11.8. The van der Waals surface area contributed by atoms with E-state index >= 15 is 0 Å². The maximum atomic E-state index is 11.8. The molecule has 0 saturated carbocycles. The summed E-state index contributed by atoms with van der Waals surface area (Å²) in [6.07, 6.45) is -1.07. The molecule has 0 aliphatic heterocycles. The maximum Gasteiger partial charge on any atom is 0.334 e. The van der Waals surface area contributed by atoms with Crippen LogP contribution in [-0.2, 0) is 14.3 Å². The molecule has 6 heteroatoms. The van der Waals surface area contributed by atoms with E-state index in [0.29, 0.717) is 5.56 Å². The summed E-state index contributed by atoms with van der Waals surface area (Å²) >= 11 is 0. The number of hydrogen-bond donors (Lipinski definition) is 3. The van der Waals surface area contributed by atoms with Gasteiger partial charge in [-0.3, -0.25) is 4.79 Å². The number of amides is 1. The highest BCUT2D eigenvalue weighted by Crippen LogP contribution is 2.11. The lowest BCUT2D eigenvalue weighted by atomic mass is 10.1. The molecule has 1 aromatic carbocycles. The second kappa shape index (κ2) is 6.86. The van der Waals surface area contributed by atoms with Gasteiger partial charge in [-0.15, -0.1) is 0 Å². The van der Waals surface area contributed by atoms with Crippen LogP contribution in [-0.4, -0.2) is 36.7 Å². The van der Waals surface area contributed by atoms with Gasteiger partial charge in [0.1, 0.15) is 6.04 Å². The largest absolute Gasteiger partial charge is 0.479 e. The van der Waals surface area contributed by atoms with Crippen molar-refractivity contribution in [3.05, 3.63) is 35.4 Å². The van der Waals surface area contributed by atoms with Crippen LogP contribution in [0.25, 0.3) is 0 Å². The summed E-state index contributed by atoms with van der Waals surface area (Å²) < 4.78 is 4.71. The van der Waals surface area contributed by atoms with Crippen molar-refractivity contribution in [1.82, 2.24) is 5.32 Å². The highest BCUT2D eigenvalue weighted by atomic mass is 16.5. The molecule has 0 aliphatic rings. The first-order valence-corrected chi connectivity index (χ1v) is 5.81. The van der Waals surface area contributed by atoms with E-state index in [4.69, 9.17) is 15.6 Å². The van der Waals surface area contributed by atoms with Crippen LogP contribution in [0.1, 0.15) is 17.2 Å². The van der Waals surface area contributed by atoms with Crippen LogP contribution < -0.4 is 11.1 Å². The number of nitrogens with two attached hydrogens (primary N) is 1. The molecule has 1 amide bonds. The number of aliphatic carboxylic acids is 1. The van der Waals surface area contributed by atoms with Crippen LogP contribution in [0, 0.1) is 6.92 Å². The first-order valence-electron chi connectivity index (χ1n) is 5.81. The number of ether oxygens (including phenoxy) is 1. The van der Waals surface area contributed by atoms with Gasteiger partial charge >= 0.3 is 5.97 Å². The van der Waals surface area contributed by atoms with E-state index in [1.54, 1.807) is 12.1 Å². The molecule has 104 valence electrons. The summed E-state index contributed by atoms with van der Waals surface area (Å²) in [5.41, 5.74) is 7.54. The average molecular weight is 266 g/mol. The van der Waals surface area contributed by atoms with Gasteiger partial charge in [0.2, 0.25) is 5.91 Å². The predicted molar refractivity (Wildman–Crippen MR) is 69.5 cm³/mol. The van der Waals surface area contributed by atoms with Crippen LogP contribution >= 0.6 is 0 Å². The standard InChI is InChI=1S/C13H18N2O4/c1-8-3-5-9(6-4-8)11(14)12(16)15-7-10(19-2)13(17)18/h3-6,10-11H,7,14H2,1-2H3,(H,15,16)(H,17,18). The fraction of sp³-hybridized carbons (Fsp3) is 0.385. The normalized spacial score (nSPS) is 13.6. The van der Waals surface area contributed by atoms with Crippen molar-refractivity contribution in [2.24, 2.45) is 5.73 Å². The van der Waals surface area contributed by atoms with Gasteiger partial charge in [0.25, 0.3) is 0 Å². The van der Waals surface area contributed by atoms with E-state index < -0.39 is 24.0 Å². The number of methoxy groups -OCH3 is 1. The average Bonchev–Trinajstić information content (AvgIpc) is 2.38. The van der Waals surface area contributed by atoms with Crippen LogP contribution in [0.4, 0.5) is 0 Å². The minimum absolute atomic E-state index is 0.121. The van der Waals surface area contributed by atoms with Crippen LogP contribution in [0.3, 0.4) is 0 Å². The first kappa shape index (κ1) is 15.1. The molecule has 0 spiro atoms. The Hall–Kier alpha value is -1.92. The van der Waals surface area contributed by atoms with Gasteiger partial charge < -0.3 is 20.9 Å². The number of aryl methyl sites for hydroxylation is 1. The van der Waals surface area contributed by atoms with Crippen molar-refractivity contribution in [3.63, 3.8) is 0 Å². The molecule has 0 heterocycles. The Balaban J connectivity index is 2.58. The number of carbonyl (C=O) groups excluding carboxylic acids is 1. The Morgan fingerprint density at radius 1 is 1.37 bits per heavy atom. The lowest BCUT2D eigenvalue weighted by Crippen LogP contribution is -2.41. The van der Waals surface area contributed by atoms with Crippen LogP contribution in [0.2, 0.25) is 0 Å².